The molecule has 3 rings (SSSR count). The van der Waals surface area contributed by atoms with E-state index in [0.29, 0.717) is 10.8 Å². The summed E-state index contributed by atoms with van der Waals surface area (Å²) < 4.78 is 49.8. The number of halogens is 5. The number of carboxylic acid groups (broad SMARTS) is 1. The van der Waals surface area contributed by atoms with Crippen molar-refractivity contribution in [1.82, 2.24) is 0 Å². The van der Waals surface area contributed by atoms with Gasteiger partial charge in [-0.2, -0.15) is 13.2 Å². The Morgan fingerprint density at radius 3 is 2.38 bits per heavy atom. The minimum atomic E-state index is -4.89. The third-order valence-corrected chi connectivity index (χ3v) is 4.04. The first-order valence-electron chi connectivity index (χ1n) is 7.10. The van der Waals surface area contributed by atoms with Crippen LogP contribution >= 0.6 is 23.2 Å². The van der Waals surface area contributed by atoms with Crippen LogP contribution in [0.5, 0.6) is 17.2 Å². The van der Waals surface area contributed by atoms with Gasteiger partial charge >= 0.3 is 12.1 Å². The Balaban J connectivity index is 2.00. The van der Waals surface area contributed by atoms with Crippen LogP contribution in [0.3, 0.4) is 0 Å². The minimum absolute atomic E-state index is 0.0563. The van der Waals surface area contributed by atoms with Crippen molar-refractivity contribution in [2.24, 2.45) is 0 Å². The van der Waals surface area contributed by atoms with Gasteiger partial charge in [-0.05, 0) is 36.4 Å². The Hall–Kier alpha value is -2.38. The van der Waals surface area contributed by atoms with Crippen molar-refractivity contribution in [1.29, 1.82) is 0 Å². The van der Waals surface area contributed by atoms with E-state index >= 15 is 0 Å². The molecule has 9 heteroatoms. The topological polar surface area (TPSA) is 55.8 Å². The van der Waals surface area contributed by atoms with Gasteiger partial charge < -0.3 is 14.6 Å². The van der Waals surface area contributed by atoms with E-state index in [2.05, 4.69) is 0 Å². The largest absolute Gasteiger partial charge is 0.478 e. The normalized spacial score (nSPS) is 16.3. The predicted octanol–water partition coefficient (Wildman–Crippen LogP) is 5.58. The molecule has 0 unspecified atom stereocenters. The summed E-state index contributed by atoms with van der Waals surface area (Å²) >= 11 is 11.9. The smallest absolute Gasteiger partial charge is 0.430 e. The molecule has 0 aliphatic carbocycles. The van der Waals surface area contributed by atoms with Crippen LogP contribution in [-0.4, -0.2) is 23.4 Å². The molecule has 0 saturated heterocycles. The lowest BCUT2D eigenvalue weighted by molar-refractivity contribution is -0.187. The number of ether oxygens (including phenoxy) is 2. The molecule has 0 saturated carbocycles. The van der Waals surface area contributed by atoms with Gasteiger partial charge in [-0.1, -0.05) is 23.2 Å². The quantitative estimate of drug-likeness (QED) is 0.725. The average molecular weight is 405 g/mol. The van der Waals surface area contributed by atoms with Gasteiger partial charge in [-0.25, -0.2) is 4.79 Å². The molecule has 1 aliphatic heterocycles. The molecular formula is C17H9Cl2F3O4. The molecule has 0 radical (unpaired) electrons. The van der Waals surface area contributed by atoms with E-state index < -0.39 is 23.8 Å². The van der Waals surface area contributed by atoms with Gasteiger partial charge in [0, 0.05) is 16.7 Å². The highest BCUT2D eigenvalue weighted by atomic mass is 35.5. The van der Waals surface area contributed by atoms with Crippen molar-refractivity contribution in [2.45, 2.75) is 12.3 Å². The second kappa shape index (κ2) is 6.74. The number of fused-ring (bicyclic) bond motifs is 1. The summed E-state index contributed by atoms with van der Waals surface area (Å²) in [5, 5.41) is 9.58. The van der Waals surface area contributed by atoms with E-state index in [4.69, 9.17) is 37.8 Å². The van der Waals surface area contributed by atoms with Gasteiger partial charge in [-0.15, -0.1) is 0 Å². The summed E-state index contributed by atoms with van der Waals surface area (Å²) in [6.07, 6.45) is -6.59. The molecular weight excluding hydrogens is 396 g/mol. The van der Waals surface area contributed by atoms with Crippen molar-refractivity contribution in [3.63, 3.8) is 0 Å². The molecule has 1 atom stereocenters. The van der Waals surface area contributed by atoms with E-state index in [1.807, 2.05) is 0 Å². The van der Waals surface area contributed by atoms with Crippen molar-refractivity contribution in [2.75, 3.05) is 0 Å². The summed E-state index contributed by atoms with van der Waals surface area (Å²) in [4.78, 5) is 11.1. The lowest BCUT2D eigenvalue weighted by atomic mass is 10.0. The number of hydrogen-bond donors (Lipinski definition) is 1. The zero-order chi connectivity index (χ0) is 19.1. The molecule has 2 aromatic carbocycles. The number of carboxylic acids is 1. The third-order valence-electron chi connectivity index (χ3n) is 3.49. The lowest BCUT2D eigenvalue weighted by Crippen LogP contribution is -2.40. The van der Waals surface area contributed by atoms with Crippen molar-refractivity contribution in [3.8, 4) is 17.2 Å². The van der Waals surface area contributed by atoms with Crippen LogP contribution in [0, 0.1) is 0 Å². The van der Waals surface area contributed by atoms with Crippen molar-refractivity contribution < 1.29 is 32.5 Å². The maximum Gasteiger partial charge on any atom is 0.430 e. The molecule has 4 nitrogen and oxygen atoms in total. The van der Waals surface area contributed by atoms with Gasteiger partial charge in [0.2, 0.25) is 6.10 Å². The fraction of sp³-hybridized carbons (Fsp3) is 0.118. The maximum atomic E-state index is 13.1. The number of aliphatic carboxylic acids is 1. The monoisotopic (exact) mass is 404 g/mol. The Labute approximate surface area is 155 Å². The molecule has 2 aromatic rings. The van der Waals surface area contributed by atoms with Crippen LogP contribution in [0.2, 0.25) is 10.0 Å². The van der Waals surface area contributed by atoms with Crippen LogP contribution in [0.4, 0.5) is 13.2 Å². The van der Waals surface area contributed by atoms with E-state index in [-0.39, 0.29) is 22.1 Å². The first-order chi connectivity index (χ1) is 12.1. The first-order valence-corrected chi connectivity index (χ1v) is 7.86. The second-order valence-corrected chi connectivity index (χ2v) is 6.16. The lowest BCUT2D eigenvalue weighted by Gasteiger charge is -2.27. The van der Waals surface area contributed by atoms with Crippen LogP contribution in [0.15, 0.2) is 42.0 Å². The maximum absolute atomic E-state index is 13.1. The van der Waals surface area contributed by atoms with E-state index in [1.165, 1.54) is 12.1 Å². The fourth-order valence-corrected chi connectivity index (χ4v) is 2.66. The number of carbonyl (C=O) groups is 1. The van der Waals surface area contributed by atoms with Crippen LogP contribution in [0.25, 0.3) is 6.08 Å². The highest BCUT2D eigenvalue weighted by Crippen LogP contribution is 2.42. The van der Waals surface area contributed by atoms with E-state index in [0.717, 1.165) is 6.08 Å². The van der Waals surface area contributed by atoms with Gasteiger partial charge in [0.25, 0.3) is 0 Å². The molecule has 0 aromatic heterocycles. The molecule has 0 fully saturated rings. The summed E-state index contributed by atoms with van der Waals surface area (Å²) in [7, 11) is 0. The summed E-state index contributed by atoms with van der Waals surface area (Å²) in [6, 6.07) is 8.71. The molecule has 1 heterocycles. The van der Waals surface area contributed by atoms with Crippen molar-refractivity contribution >= 4 is 35.2 Å². The SMILES string of the molecule is O=C(O)C1=Cc2cc(Cl)c(Oc3ccc(Cl)cc3)cc2O[C@@H]1C(F)(F)F. The van der Waals surface area contributed by atoms with Crippen LogP contribution < -0.4 is 9.47 Å². The zero-order valence-electron chi connectivity index (χ0n) is 12.7. The van der Waals surface area contributed by atoms with Crippen LogP contribution in [0.1, 0.15) is 5.56 Å². The standard InChI is InChI=1S/C17H9Cl2F3O4/c18-9-1-3-10(4-2-9)25-14-7-13-8(6-12(14)19)5-11(16(23)24)15(26-13)17(20,21)22/h1-7,15H,(H,23,24)/t15-/m0/s1. The first kappa shape index (κ1) is 18.4. The zero-order valence-corrected chi connectivity index (χ0v) is 14.2. The molecule has 136 valence electrons. The van der Waals surface area contributed by atoms with Crippen LogP contribution in [-0.2, 0) is 4.79 Å². The summed E-state index contributed by atoms with van der Waals surface area (Å²) in [5.41, 5.74) is -0.816. The predicted molar refractivity (Wildman–Crippen MR) is 89.1 cm³/mol. The number of alkyl halides is 3. The second-order valence-electron chi connectivity index (χ2n) is 5.32. The Morgan fingerprint density at radius 2 is 1.81 bits per heavy atom. The van der Waals surface area contributed by atoms with E-state index in [1.54, 1.807) is 24.3 Å². The molecule has 26 heavy (non-hydrogen) atoms. The summed E-state index contributed by atoms with van der Waals surface area (Å²) in [5.74, 6) is -1.50. The average Bonchev–Trinajstić information content (AvgIpc) is 2.55. The van der Waals surface area contributed by atoms with Gasteiger partial charge in [0.15, 0.2) is 0 Å². The third kappa shape index (κ3) is 3.73. The highest BCUT2D eigenvalue weighted by Gasteiger charge is 2.48. The number of rotatable bonds is 3. The van der Waals surface area contributed by atoms with Gasteiger partial charge in [-0.3, -0.25) is 0 Å². The van der Waals surface area contributed by atoms with Gasteiger partial charge in [0.1, 0.15) is 17.2 Å². The molecule has 0 amide bonds. The minimum Gasteiger partial charge on any atom is -0.478 e. The highest BCUT2D eigenvalue weighted by molar-refractivity contribution is 6.32. The van der Waals surface area contributed by atoms with Gasteiger partial charge in [0.05, 0.1) is 10.6 Å². The Morgan fingerprint density at radius 1 is 1.15 bits per heavy atom. The number of hydrogen-bond acceptors (Lipinski definition) is 3. The Bertz CT molecular complexity index is 892. The summed E-state index contributed by atoms with van der Waals surface area (Å²) in [6.45, 7) is 0. The van der Waals surface area contributed by atoms with E-state index in [9.17, 15) is 18.0 Å². The van der Waals surface area contributed by atoms with Crippen molar-refractivity contribution in [3.05, 3.63) is 57.6 Å². The fourth-order valence-electron chi connectivity index (χ4n) is 2.32. The molecule has 1 N–H and O–H groups in total. The Kier molecular flexibility index (Phi) is 4.77. The number of benzene rings is 2. The molecule has 1 aliphatic rings. The molecule has 0 spiro atoms. The molecule has 0 bridgehead atoms.